The Hall–Kier alpha value is -1.42. The maximum absolute atomic E-state index is 5.12. The summed E-state index contributed by atoms with van der Waals surface area (Å²) in [5.74, 6) is 0. The Balaban J connectivity index is 2.45. The summed E-state index contributed by atoms with van der Waals surface area (Å²) in [7, 11) is 0. The number of hydrazone groups is 1. The standard InChI is InChI=1S/C12H17N3S/c1-3-10(4-2)14-15-12(16)13-11-8-6-5-7-9-11/h5-9H,3-4H2,1-2H3,(H2,13,15,16). The van der Waals surface area contributed by atoms with Crippen LogP contribution < -0.4 is 10.7 Å². The van der Waals surface area contributed by atoms with Gasteiger partial charge < -0.3 is 5.32 Å². The molecule has 16 heavy (non-hydrogen) atoms. The van der Waals surface area contributed by atoms with Gasteiger partial charge in [0.25, 0.3) is 0 Å². The first-order chi connectivity index (χ1) is 7.76. The second-order valence-electron chi connectivity index (χ2n) is 3.32. The molecule has 1 aromatic carbocycles. The van der Waals surface area contributed by atoms with E-state index in [1.54, 1.807) is 0 Å². The molecule has 0 saturated heterocycles. The van der Waals surface area contributed by atoms with E-state index in [4.69, 9.17) is 12.2 Å². The van der Waals surface area contributed by atoms with Crippen molar-refractivity contribution in [2.24, 2.45) is 5.10 Å². The number of thiocarbonyl (C=S) groups is 1. The Labute approximate surface area is 102 Å². The second-order valence-corrected chi connectivity index (χ2v) is 3.73. The molecular formula is C12H17N3S. The molecule has 0 unspecified atom stereocenters. The predicted octanol–water partition coefficient (Wildman–Crippen LogP) is 3.15. The average Bonchev–Trinajstić information content (AvgIpc) is 2.31. The smallest absolute Gasteiger partial charge is 0.191 e. The van der Waals surface area contributed by atoms with E-state index in [0.717, 1.165) is 24.2 Å². The van der Waals surface area contributed by atoms with Crippen LogP contribution in [0.4, 0.5) is 5.69 Å². The molecule has 2 N–H and O–H groups in total. The van der Waals surface area contributed by atoms with E-state index >= 15 is 0 Å². The largest absolute Gasteiger partial charge is 0.331 e. The first-order valence-electron chi connectivity index (χ1n) is 5.43. The highest BCUT2D eigenvalue weighted by Gasteiger charge is 1.96. The van der Waals surface area contributed by atoms with Crippen molar-refractivity contribution in [1.29, 1.82) is 0 Å². The van der Waals surface area contributed by atoms with Crippen molar-refractivity contribution in [1.82, 2.24) is 5.43 Å². The van der Waals surface area contributed by atoms with Crippen LogP contribution in [0.5, 0.6) is 0 Å². The minimum Gasteiger partial charge on any atom is -0.331 e. The van der Waals surface area contributed by atoms with Gasteiger partial charge in [-0.2, -0.15) is 5.10 Å². The molecule has 1 rings (SSSR count). The van der Waals surface area contributed by atoms with Gasteiger partial charge in [0.05, 0.1) is 0 Å². The molecule has 0 aliphatic carbocycles. The Morgan fingerprint density at radius 3 is 2.38 bits per heavy atom. The Morgan fingerprint density at radius 1 is 1.19 bits per heavy atom. The zero-order valence-electron chi connectivity index (χ0n) is 9.66. The van der Waals surface area contributed by atoms with Gasteiger partial charge >= 0.3 is 0 Å². The number of para-hydroxylation sites is 1. The highest BCUT2D eigenvalue weighted by molar-refractivity contribution is 7.80. The molecule has 86 valence electrons. The number of benzene rings is 1. The summed E-state index contributed by atoms with van der Waals surface area (Å²) < 4.78 is 0. The summed E-state index contributed by atoms with van der Waals surface area (Å²) in [5, 5.41) is 7.80. The van der Waals surface area contributed by atoms with Crippen molar-refractivity contribution in [2.45, 2.75) is 26.7 Å². The third-order valence-electron chi connectivity index (χ3n) is 2.16. The molecule has 0 bridgehead atoms. The highest BCUT2D eigenvalue weighted by atomic mass is 32.1. The normalized spacial score (nSPS) is 9.38. The van der Waals surface area contributed by atoms with Gasteiger partial charge in [-0.15, -0.1) is 0 Å². The topological polar surface area (TPSA) is 36.4 Å². The van der Waals surface area contributed by atoms with E-state index in [-0.39, 0.29) is 0 Å². The van der Waals surface area contributed by atoms with Gasteiger partial charge in [-0.05, 0) is 37.2 Å². The average molecular weight is 235 g/mol. The summed E-state index contributed by atoms with van der Waals surface area (Å²) in [6.45, 7) is 4.16. The van der Waals surface area contributed by atoms with Gasteiger partial charge in [0.15, 0.2) is 5.11 Å². The SMILES string of the molecule is CCC(CC)=NNC(=S)Nc1ccccc1. The fourth-order valence-electron chi connectivity index (χ4n) is 1.22. The molecule has 0 aliphatic rings. The number of nitrogens with one attached hydrogen (secondary N) is 2. The third-order valence-corrected chi connectivity index (χ3v) is 2.36. The summed E-state index contributed by atoms with van der Waals surface area (Å²) in [5.41, 5.74) is 4.91. The highest BCUT2D eigenvalue weighted by Crippen LogP contribution is 2.04. The van der Waals surface area contributed by atoms with E-state index in [0.29, 0.717) is 5.11 Å². The number of rotatable bonds is 4. The molecule has 0 radical (unpaired) electrons. The Bertz CT molecular complexity index is 354. The lowest BCUT2D eigenvalue weighted by atomic mass is 10.2. The molecule has 3 nitrogen and oxygen atoms in total. The molecular weight excluding hydrogens is 218 g/mol. The Morgan fingerprint density at radius 2 is 1.81 bits per heavy atom. The second kappa shape index (κ2) is 6.95. The molecule has 0 fully saturated rings. The summed E-state index contributed by atoms with van der Waals surface area (Å²) >= 11 is 5.12. The number of hydrogen-bond acceptors (Lipinski definition) is 2. The molecule has 1 aromatic rings. The van der Waals surface area contributed by atoms with Gasteiger partial charge in [0, 0.05) is 11.4 Å². The minimum absolute atomic E-state index is 0.519. The van der Waals surface area contributed by atoms with Crippen LogP contribution in [-0.2, 0) is 0 Å². The molecule has 4 heteroatoms. The van der Waals surface area contributed by atoms with Gasteiger partial charge in [0.2, 0.25) is 0 Å². The van der Waals surface area contributed by atoms with Gasteiger partial charge in [-0.25, -0.2) is 0 Å². The van der Waals surface area contributed by atoms with Crippen LogP contribution in [-0.4, -0.2) is 10.8 Å². The summed E-state index contributed by atoms with van der Waals surface area (Å²) in [6, 6.07) is 9.79. The zero-order chi connectivity index (χ0) is 11.8. The lowest BCUT2D eigenvalue weighted by Gasteiger charge is -2.07. The number of nitrogens with zero attached hydrogens (tertiary/aromatic N) is 1. The lowest BCUT2D eigenvalue weighted by molar-refractivity contribution is 0.992. The molecule has 0 aliphatic heterocycles. The van der Waals surface area contributed by atoms with Crippen molar-refractivity contribution in [3.63, 3.8) is 0 Å². The molecule has 0 heterocycles. The fourth-order valence-corrected chi connectivity index (χ4v) is 1.38. The van der Waals surface area contributed by atoms with Gasteiger partial charge in [0.1, 0.15) is 0 Å². The molecule has 0 spiro atoms. The van der Waals surface area contributed by atoms with Crippen LogP contribution >= 0.6 is 12.2 Å². The van der Waals surface area contributed by atoms with Crippen molar-refractivity contribution in [3.05, 3.63) is 30.3 Å². The zero-order valence-corrected chi connectivity index (χ0v) is 10.5. The summed E-state index contributed by atoms with van der Waals surface area (Å²) in [4.78, 5) is 0. The van der Waals surface area contributed by atoms with Crippen LogP contribution in [0.2, 0.25) is 0 Å². The first-order valence-corrected chi connectivity index (χ1v) is 5.84. The van der Waals surface area contributed by atoms with Gasteiger partial charge in [-0.1, -0.05) is 32.0 Å². The maximum Gasteiger partial charge on any atom is 0.191 e. The van der Waals surface area contributed by atoms with Crippen molar-refractivity contribution in [2.75, 3.05) is 5.32 Å². The van der Waals surface area contributed by atoms with Crippen LogP contribution in [0.25, 0.3) is 0 Å². The monoisotopic (exact) mass is 235 g/mol. The quantitative estimate of drug-likeness (QED) is 0.478. The lowest BCUT2D eigenvalue weighted by Crippen LogP contribution is -2.24. The van der Waals surface area contributed by atoms with Crippen molar-refractivity contribution >= 4 is 28.7 Å². The van der Waals surface area contributed by atoms with E-state index < -0.39 is 0 Å². The van der Waals surface area contributed by atoms with E-state index in [1.807, 2.05) is 30.3 Å². The Kier molecular flexibility index (Phi) is 5.50. The van der Waals surface area contributed by atoms with Crippen LogP contribution in [0.3, 0.4) is 0 Å². The third kappa shape index (κ3) is 4.40. The van der Waals surface area contributed by atoms with Crippen molar-refractivity contribution in [3.8, 4) is 0 Å². The van der Waals surface area contributed by atoms with E-state index in [2.05, 4.69) is 29.7 Å². The number of hydrogen-bond donors (Lipinski definition) is 2. The van der Waals surface area contributed by atoms with E-state index in [1.165, 1.54) is 0 Å². The molecule has 0 aromatic heterocycles. The minimum atomic E-state index is 0.519. The first kappa shape index (κ1) is 12.6. The number of anilines is 1. The fraction of sp³-hybridized carbons (Fsp3) is 0.333. The van der Waals surface area contributed by atoms with Crippen LogP contribution in [0, 0.1) is 0 Å². The van der Waals surface area contributed by atoms with Crippen LogP contribution in [0.15, 0.2) is 35.4 Å². The van der Waals surface area contributed by atoms with Gasteiger partial charge in [-0.3, -0.25) is 5.43 Å². The van der Waals surface area contributed by atoms with Crippen LogP contribution in [0.1, 0.15) is 26.7 Å². The molecule has 0 amide bonds. The maximum atomic E-state index is 5.12. The van der Waals surface area contributed by atoms with E-state index in [9.17, 15) is 0 Å². The predicted molar refractivity (Wildman–Crippen MR) is 73.8 cm³/mol. The summed E-state index contributed by atoms with van der Waals surface area (Å²) in [6.07, 6.45) is 1.88. The van der Waals surface area contributed by atoms with Crippen molar-refractivity contribution < 1.29 is 0 Å². The molecule has 0 saturated carbocycles. The molecule has 0 atom stereocenters.